The Hall–Kier alpha value is -3.22. The lowest BCUT2D eigenvalue weighted by atomic mass is 10.1. The first-order valence-electron chi connectivity index (χ1n) is 9.48. The van der Waals surface area contributed by atoms with Crippen LogP contribution in [0.1, 0.15) is 20.8 Å². The number of rotatable bonds is 8. The van der Waals surface area contributed by atoms with Gasteiger partial charge in [0.2, 0.25) is 0 Å². The molecule has 148 valence electrons. The lowest BCUT2D eigenvalue weighted by molar-refractivity contribution is -0.132. The van der Waals surface area contributed by atoms with E-state index in [0.717, 1.165) is 11.3 Å². The van der Waals surface area contributed by atoms with Gasteiger partial charge in [-0.3, -0.25) is 4.79 Å². The van der Waals surface area contributed by atoms with E-state index in [0.29, 0.717) is 42.5 Å². The van der Waals surface area contributed by atoms with Gasteiger partial charge in [0.25, 0.3) is 5.91 Å². The number of hydrogen-bond acceptors (Lipinski definition) is 5. The maximum atomic E-state index is 12.2. The molecule has 1 aromatic carbocycles. The summed E-state index contributed by atoms with van der Waals surface area (Å²) in [6, 6.07) is 9.29. The highest BCUT2D eigenvalue weighted by atomic mass is 16.5. The summed E-state index contributed by atoms with van der Waals surface area (Å²) in [5.74, 6) is 1.18. The number of nitrogen functional groups attached to an aromatic ring is 1. The molecule has 2 heterocycles. The number of imidazole rings is 1. The number of carbonyl (C=O) groups excluding carboxylic acids is 1. The van der Waals surface area contributed by atoms with Crippen molar-refractivity contribution in [2.45, 2.75) is 20.8 Å². The third-order valence-electron chi connectivity index (χ3n) is 4.52. The second-order valence-corrected chi connectivity index (χ2v) is 6.27. The second-order valence-electron chi connectivity index (χ2n) is 6.27. The number of carbonyl (C=O) groups is 1. The van der Waals surface area contributed by atoms with Crippen LogP contribution in [0.25, 0.3) is 16.9 Å². The minimum atomic E-state index is -0.0435. The van der Waals surface area contributed by atoms with Gasteiger partial charge in [0.05, 0.1) is 18.0 Å². The van der Waals surface area contributed by atoms with Crippen molar-refractivity contribution in [1.82, 2.24) is 14.3 Å². The number of fused-ring (bicyclic) bond motifs is 1. The van der Waals surface area contributed by atoms with Crippen LogP contribution in [0.15, 0.2) is 42.7 Å². The van der Waals surface area contributed by atoms with Crippen molar-refractivity contribution in [1.29, 1.82) is 0 Å². The smallest absolute Gasteiger partial charge is 0.260 e. The number of benzene rings is 1. The van der Waals surface area contributed by atoms with Crippen LogP contribution in [0.3, 0.4) is 0 Å². The van der Waals surface area contributed by atoms with Gasteiger partial charge >= 0.3 is 0 Å². The number of pyridine rings is 1. The average Bonchev–Trinajstić information content (AvgIpc) is 3.14. The maximum absolute atomic E-state index is 12.2. The molecular formula is C21H26N4O3. The van der Waals surface area contributed by atoms with Gasteiger partial charge in [-0.2, -0.15) is 0 Å². The van der Waals surface area contributed by atoms with Crippen molar-refractivity contribution in [2.75, 3.05) is 32.0 Å². The molecule has 0 aliphatic rings. The third-order valence-corrected chi connectivity index (χ3v) is 4.52. The largest absolute Gasteiger partial charge is 0.492 e. The van der Waals surface area contributed by atoms with E-state index in [2.05, 4.69) is 4.98 Å². The predicted octanol–water partition coefficient (Wildman–Crippen LogP) is 3.23. The molecule has 0 aliphatic heterocycles. The number of nitrogens with zero attached hydrogens (tertiary/aromatic N) is 3. The summed E-state index contributed by atoms with van der Waals surface area (Å²) >= 11 is 0. The normalized spacial score (nSPS) is 10.8. The SMILES string of the molecule is CCOc1ccc(-c2cn3cccc(OCC(=O)N(CC)CC)c3n2)cc1N. The molecule has 28 heavy (non-hydrogen) atoms. The van der Waals surface area contributed by atoms with E-state index in [9.17, 15) is 4.79 Å². The summed E-state index contributed by atoms with van der Waals surface area (Å²) in [5, 5.41) is 0. The Morgan fingerprint density at radius 2 is 1.93 bits per heavy atom. The molecule has 0 aliphatic carbocycles. The number of nitrogens with two attached hydrogens (primary N) is 1. The number of amides is 1. The quantitative estimate of drug-likeness (QED) is 0.605. The Kier molecular flexibility index (Phi) is 6.03. The summed E-state index contributed by atoms with van der Waals surface area (Å²) in [4.78, 5) is 18.6. The summed E-state index contributed by atoms with van der Waals surface area (Å²) < 4.78 is 13.1. The van der Waals surface area contributed by atoms with Crippen molar-refractivity contribution >= 4 is 17.2 Å². The summed E-state index contributed by atoms with van der Waals surface area (Å²) in [7, 11) is 0. The molecule has 0 saturated heterocycles. The number of aromatic nitrogens is 2. The Balaban J connectivity index is 1.85. The van der Waals surface area contributed by atoms with Gasteiger partial charge in [-0.15, -0.1) is 0 Å². The third kappa shape index (κ3) is 4.03. The molecule has 3 aromatic rings. The minimum absolute atomic E-state index is 0.0143. The van der Waals surface area contributed by atoms with E-state index in [-0.39, 0.29) is 12.5 Å². The van der Waals surface area contributed by atoms with Crippen LogP contribution in [0.5, 0.6) is 11.5 Å². The van der Waals surface area contributed by atoms with Crippen LogP contribution in [-0.4, -0.2) is 46.5 Å². The first-order valence-corrected chi connectivity index (χ1v) is 9.48. The molecule has 2 N–H and O–H groups in total. The maximum Gasteiger partial charge on any atom is 0.260 e. The number of likely N-dealkylation sites (N-methyl/N-ethyl adjacent to an activating group) is 1. The standard InChI is InChI=1S/C21H26N4O3/c1-4-24(5-2)20(26)14-28-19-8-7-11-25-13-17(23-21(19)25)15-9-10-18(27-6-3)16(22)12-15/h7-13H,4-6,14,22H2,1-3H3. The lowest BCUT2D eigenvalue weighted by Gasteiger charge is -2.18. The van der Waals surface area contributed by atoms with E-state index in [4.69, 9.17) is 15.2 Å². The Morgan fingerprint density at radius 3 is 2.61 bits per heavy atom. The van der Waals surface area contributed by atoms with Crippen molar-refractivity contribution in [3.63, 3.8) is 0 Å². The molecule has 0 fully saturated rings. The zero-order chi connectivity index (χ0) is 20.1. The monoisotopic (exact) mass is 382 g/mol. The molecule has 1 amide bonds. The molecule has 0 bridgehead atoms. The van der Waals surface area contributed by atoms with Crippen LogP contribution in [0.2, 0.25) is 0 Å². The zero-order valence-corrected chi connectivity index (χ0v) is 16.5. The van der Waals surface area contributed by atoms with Gasteiger partial charge < -0.3 is 24.5 Å². The topological polar surface area (TPSA) is 82.1 Å². The van der Waals surface area contributed by atoms with Crippen LogP contribution in [0, 0.1) is 0 Å². The highest BCUT2D eigenvalue weighted by Gasteiger charge is 2.14. The molecule has 0 spiro atoms. The molecule has 7 heteroatoms. The molecule has 0 radical (unpaired) electrons. The van der Waals surface area contributed by atoms with Crippen LogP contribution < -0.4 is 15.2 Å². The first-order chi connectivity index (χ1) is 13.6. The van der Waals surface area contributed by atoms with Gasteiger partial charge in [0.15, 0.2) is 18.0 Å². The zero-order valence-electron chi connectivity index (χ0n) is 16.5. The molecular weight excluding hydrogens is 356 g/mol. The van der Waals surface area contributed by atoms with Gasteiger partial charge in [0, 0.05) is 31.0 Å². The summed E-state index contributed by atoms with van der Waals surface area (Å²) in [6.07, 6.45) is 3.80. The fraction of sp³-hybridized carbons (Fsp3) is 0.333. The summed E-state index contributed by atoms with van der Waals surface area (Å²) in [5.41, 5.74) is 8.94. The average molecular weight is 382 g/mol. The lowest BCUT2D eigenvalue weighted by Crippen LogP contribution is -2.34. The molecule has 0 atom stereocenters. The Labute approximate surface area is 164 Å². The van der Waals surface area contributed by atoms with Gasteiger partial charge in [-0.25, -0.2) is 4.98 Å². The highest BCUT2D eigenvalue weighted by molar-refractivity contribution is 5.78. The predicted molar refractivity (Wildman–Crippen MR) is 110 cm³/mol. The Bertz CT molecular complexity index is 963. The second kappa shape index (κ2) is 8.65. The van der Waals surface area contributed by atoms with E-state index in [1.165, 1.54) is 0 Å². The van der Waals surface area contributed by atoms with E-state index in [1.54, 1.807) is 4.90 Å². The Morgan fingerprint density at radius 1 is 1.14 bits per heavy atom. The van der Waals surface area contributed by atoms with Crippen LogP contribution in [0.4, 0.5) is 5.69 Å². The van der Waals surface area contributed by atoms with E-state index in [1.807, 2.05) is 67.9 Å². The molecule has 0 saturated carbocycles. The van der Waals surface area contributed by atoms with E-state index < -0.39 is 0 Å². The van der Waals surface area contributed by atoms with Crippen molar-refractivity contribution in [3.05, 3.63) is 42.7 Å². The van der Waals surface area contributed by atoms with Gasteiger partial charge in [0.1, 0.15) is 5.75 Å². The fourth-order valence-corrected chi connectivity index (χ4v) is 3.04. The van der Waals surface area contributed by atoms with Crippen LogP contribution >= 0.6 is 0 Å². The fourth-order valence-electron chi connectivity index (χ4n) is 3.04. The number of ether oxygens (including phenoxy) is 2. The number of anilines is 1. The van der Waals surface area contributed by atoms with Crippen molar-refractivity contribution in [3.8, 4) is 22.8 Å². The first kappa shape index (κ1) is 19.5. The highest BCUT2D eigenvalue weighted by Crippen LogP contribution is 2.30. The van der Waals surface area contributed by atoms with Crippen molar-refractivity contribution in [2.24, 2.45) is 0 Å². The van der Waals surface area contributed by atoms with Gasteiger partial charge in [-0.1, -0.05) is 0 Å². The van der Waals surface area contributed by atoms with Crippen molar-refractivity contribution < 1.29 is 14.3 Å². The molecule has 0 unspecified atom stereocenters. The molecule has 2 aromatic heterocycles. The van der Waals surface area contributed by atoms with Crippen LogP contribution in [-0.2, 0) is 4.79 Å². The number of hydrogen-bond donors (Lipinski definition) is 1. The molecule has 7 nitrogen and oxygen atoms in total. The molecule has 3 rings (SSSR count). The van der Waals surface area contributed by atoms with Gasteiger partial charge in [-0.05, 0) is 51.1 Å². The minimum Gasteiger partial charge on any atom is -0.492 e. The summed E-state index contributed by atoms with van der Waals surface area (Å²) in [6.45, 7) is 7.69. The van der Waals surface area contributed by atoms with E-state index >= 15 is 0 Å².